The lowest BCUT2D eigenvalue weighted by atomic mass is 10.2. The van der Waals surface area contributed by atoms with E-state index in [1.807, 2.05) is 42.2 Å². The van der Waals surface area contributed by atoms with Crippen molar-refractivity contribution in [3.63, 3.8) is 0 Å². The molecule has 2 aromatic rings. The van der Waals surface area contributed by atoms with Gasteiger partial charge in [0.25, 0.3) is 0 Å². The Morgan fingerprint density at radius 1 is 1.24 bits per heavy atom. The Bertz CT molecular complexity index is 596. The molecule has 0 saturated heterocycles. The molecule has 21 heavy (non-hydrogen) atoms. The molecule has 0 atom stereocenters. The second-order valence-corrected chi connectivity index (χ2v) is 5.34. The molecule has 0 spiro atoms. The van der Waals surface area contributed by atoms with Gasteiger partial charge in [0, 0.05) is 36.6 Å². The summed E-state index contributed by atoms with van der Waals surface area (Å²) in [6, 6.07) is 12.1. The summed E-state index contributed by atoms with van der Waals surface area (Å²) in [5.41, 5.74) is 1.64. The Morgan fingerprint density at radius 2 is 2.00 bits per heavy atom. The maximum absolute atomic E-state index is 14.7. The van der Waals surface area contributed by atoms with Crippen LogP contribution in [0.4, 0.5) is 15.9 Å². The van der Waals surface area contributed by atoms with E-state index in [0.29, 0.717) is 30.5 Å². The molecule has 0 aliphatic heterocycles. The van der Waals surface area contributed by atoms with Crippen LogP contribution in [-0.2, 0) is 6.54 Å². The lowest BCUT2D eigenvalue weighted by Gasteiger charge is -2.23. The Morgan fingerprint density at radius 3 is 2.67 bits per heavy atom. The highest BCUT2D eigenvalue weighted by molar-refractivity contribution is 5.60. The number of para-hydroxylation sites is 1. The van der Waals surface area contributed by atoms with Crippen LogP contribution in [0.15, 0.2) is 42.6 Å². The summed E-state index contributed by atoms with van der Waals surface area (Å²) in [5, 5.41) is 3.35. The molecule has 0 unspecified atom stereocenters. The minimum Gasteiger partial charge on any atom is -0.324 e. The Kier molecular flexibility index (Phi) is 4.15. The molecule has 1 aromatic carbocycles. The average molecular weight is 285 g/mol. The molecule has 0 bridgehead atoms. The van der Waals surface area contributed by atoms with Gasteiger partial charge >= 0.3 is 0 Å². The van der Waals surface area contributed by atoms with E-state index < -0.39 is 0 Å². The third-order valence-corrected chi connectivity index (χ3v) is 3.75. The fourth-order valence-corrected chi connectivity index (χ4v) is 2.40. The maximum Gasteiger partial charge on any atom is 0.170 e. The Hall–Kier alpha value is -1.94. The maximum atomic E-state index is 14.7. The number of benzene rings is 1. The number of aromatic nitrogens is 1. The van der Waals surface area contributed by atoms with Crippen LogP contribution < -0.4 is 10.2 Å². The van der Waals surface area contributed by atoms with E-state index in [-0.39, 0.29) is 5.82 Å². The third kappa shape index (κ3) is 3.22. The predicted molar refractivity (Wildman–Crippen MR) is 83.2 cm³/mol. The zero-order valence-corrected chi connectivity index (χ0v) is 12.2. The molecule has 1 saturated carbocycles. The topological polar surface area (TPSA) is 28.2 Å². The highest BCUT2D eigenvalue weighted by Crippen LogP contribution is 2.27. The summed E-state index contributed by atoms with van der Waals surface area (Å²) >= 11 is 0. The highest BCUT2D eigenvalue weighted by Gasteiger charge is 2.22. The molecular formula is C17H20FN3. The summed E-state index contributed by atoms with van der Waals surface area (Å²) in [7, 11) is 0. The number of pyridine rings is 1. The molecule has 4 heteroatoms. The van der Waals surface area contributed by atoms with Gasteiger partial charge in [0.05, 0.1) is 0 Å². The van der Waals surface area contributed by atoms with E-state index in [9.17, 15) is 4.39 Å². The molecule has 1 N–H and O–H groups in total. The summed E-state index contributed by atoms with van der Waals surface area (Å²) in [5.74, 6) is 0.176. The SMILES string of the molecule is CCN(c1ccccc1)c1nccc(CNC2CC2)c1F. The van der Waals surface area contributed by atoms with E-state index in [1.54, 1.807) is 12.3 Å². The van der Waals surface area contributed by atoms with Gasteiger partial charge in [0.15, 0.2) is 11.6 Å². The molecule has 1 aliphatic carbocycles. The van der Waals surface area contributed by atoms with Crippen LogP contribution in [-0.4, -0.2) is 17.6 Å². The van der Waals surface area contributed by atoms with Crippen LogP contribution in [0.3, 0.4) is 0 Å². The smallest absolute Gasteiger partial charge is 0.170 e. The van der Waals surface area contributed by atoms with E-state index in [2.05, 4.69) is 10.3 Å². The third-order valence-electron chi connectivity index (χ3n) is 3.75. The second kappa shape index (κ2) is 6.22. The highest BCUT2D eigenvalue weighted by atomic mass is 19.1. The van der Waals surface area contributed by atoms with E-state index in [1.165, 1.54) is 12.8 Å². The number of nitrogens with one attached hydrogen (secondary N) is 1. The van der Waals surface area contributed by atoms with Crippen LogP contribution in [0, 0.1) is 5.82 Å². The van der Waals surface area contributed by atoms with Crippen LogP contribution in [0.2, 0.25) is 0 Å². The number of nitrogens with zero attached hydrogens (tertiary/aromatic N) is 2. The largest absolute Gasteiger partial charge is 0.324 e. The van der Waals surface area contributed by atoms with Gasteiger partial charge in [0.2, 0.25) is 0 Å². The second-order valence-electron chi connectivity index (χ2n) is 5.34. The zero-order chi connectivity index (χ0) is 14.7. The fraction of sp³-hybridized carbons (Fsp3) is 0.353. The number of anilines is 2. The average Bonchev–Trinajstić information content (AvgIpc) is 3.34. The Balaban J connectivity index is 1.87. The van der Waals surface area contributed by atoms with Gasteiger partial charge in [-0.2, -0.15) is 0 Å². The molecule has 1 aliphatic rings. The molecular weight excluding hydrogens is 265 g/mol. The number of hydrogen-bond donors (Lipinski definition) is 1. The molecule has 3 rings (SSSR count). The molecule has 0 radical (unpaired) electrons. The summed E-state index contributed by atoms with van der Waals surface area (Å²) in [6.45, 7) is 3.25. The summed E-state index contributed by atoms with van der Waals surface area (Å²) < 4.78 is 14.7. The van der Waals surface area contributed by atoms with Gasteiger partial charge in [-0.1, -0.05) is 18.2 Å². The van der Waals surface area contributed by atoms with E-state index in [0.717, 1.165) is 5.69 Å². The molecule has 1 aromatic heterocycles. The molecule has 1 fully saturated rings. The van der Waals surface area contributed by atoms with E-state index in [4.69, 9.17) is 0 Å². The van der Waals surface area contributed by atoms with Gasteiger partial charge < -0.3 is 10.2 Å². The molecule has 1 heterocycles. The van der Waals surface area contributed by atoms with Crippen LogP contribution in [0.25, 0.3) is 0 Å². The molecule has 0 amide bonds. The molecule has 3 nitrogen and oxygen atoms in total. The lowest BCUT2D eigenvalue weighted by molar-refractivity contribution is 0.580. The van der Waals surface area contributed by atoms with Gasteiger partial charge in [-0.05, 0) is 38.0 Å². The van der Waals surface area contributed by atoms with Crippen LogP contribution in [0.1, 0.15) is 25.3 Å². The first-order chi connectivity index (χ1) is 10.3. The van der Waals surface area contributed by atoms with Crippen molar-refractivity contribution in [2.24, 2.45) is 0 Å². The number of rotatable bonds is 6. The minimum atomic E-state index is -0.226. The number of hydrogen-bond acceptors (Lipinski definition) is 3. The first-order valence-electron chi connectivity index (χ1n) is 7.49. The lowest BCUT2D eigenvalue weighted by Crippen LogP contribution is -2.21. The van der Waals surface area contributed by atoms with Crippen molar-refractivity contribution in [1.82, 2.24) is 10.3 Å². The van der Waals surface area contributed by atoms with Crippen molar-refractivity contribution < 1.29 is 4.39 Å². The van der Waals surface area contributed by atoms with Crippen molar-refractivity contribution in [2.45, 2.75) is 32.4 Å². The normalized spacial score (nSPS) is 14.2. The van der Waals surface area contributed by atoms with Crippen molar-refractivity contribution in [2.75, 3.05) is 11.4 Å². The summed E-state index contributed by atoms with van der Waals surface area (Å²) in [6.07, 6.45) is 4.09. The van der Waals surface area contributed by atoms with Crippen LogP contribution >= 0.6 is 0 Å². The van der Waals surface area contributed by atoms with E-state index >= 15 is 0 Å². The standard InChI is InChI=1S/C17H20FN3/c1-2-21(15-6-4-3-5-7-15)17-16(18)13(10-11-19-17)12-20-14-8-9-14/h3-7,10-11,14,20H,2,8-9,12H2,1H3. The first kappa shape index (κ1) is 14.0. The van der Waals surface area contributed by atoms with Crippen molar-refractivity contribution in [3.8, 4) is 0 Å². The first-order valence-corrected chi connectivity index (χ1v) is 7.49. The monoisotopic (exact) mass is 285 g/mol. The Labute approximate surface area is 124 Å². The minimum absolute atomic E-state index is 0.226. The van der Waals surface area contributed by atoms with Gasteiger partial charge in [-0.15, -0.1) is 0 Å². The van der Waals surface area contributed by atoms with Gasteiger partial charge in [-0.25, -0.2) is 9.37 Å². The predicted octanol–water partition coefficient (Wildman–Crippen LogP) is 3.63. The zero-order valence-electron chi connectivity index (χ0n) is 12.2. The fourth-order valence-electron chi connectivity index (χ4n) is 2.40. The van der Waals surface area contributed by atoms with Gasteiger partial charge in [0.1, 0.15) is 0 Å². The van der Waals surface area contributed by atoms with Gasteiger partial charge in [-0.3, -0.25) is 0 Å². The summed E-state index contributed by atoms with van der Waals surface area (Å²) in [4.78, 5) is 6.15. The number of halogens is 1. The van der Waals surface area contributed by atoms with Crippen molar-refractivity contribution in [3.05, 3.63) is 54.0 Å². The molecule has 110 valence electrons. The van der Waals surface area contributed by atoms with Crippen molar-refractivity contribution in [1.29, 1.82) is 0 Å². The van der Waals surface area contributed by atoms with Crippen molar-refractivity contribution >= 4 is 11.5 Å². The van der Waals surface area contributed by atoms with Crippen LogP contribution in [0.5, 0.6) is 0 Å². The quantitative estimate of drug-likeness (QED) is 0.878.